The summed E-state index contributed by atoms with van der Waals surface area (Å²) in [4.78, 5) is 26.7. The fourth-order valence-electron chi connectivity index (χ4n) is 4.25. The molecule has 1 amide bonds. The molecule has 0 aliphatic carbocycles. The molecular formula is C37H38Cl4N16O. The predicted octanol–water partition coefficient (Wildman–Crippen LogP) is 7.77. The van der Waals surface area contributed by atoms with Gasteiger partial charge in [-0.15, -0.1) is 0 Å². The number of carbonyl (C=O) groups is 1. The van der Waals surface area contributed by atoms with Crippen molar-refractivity contribution in [3.8, 4) is 17.1 Å². The van der Waals surface area contributed by atoms with E-state index in [2.05, 4.69) is 56.1 Å². The average Bonchev–Trinajstić information content (AvgIpc) is 4.00. The van der Waals surface area contributed by atoms with Gasteiger partial charge in [0.1, 0.15) is 5.15 Å². The van der Waals surface area contributed by atoms with Gasteiger partial charge in [0.25, 0.3) is 0 Å². The van der Waals surface area contributed by atoms with Crippen molar-refractivity contribution in [3.63, 3.8) is 0 Å². The first-order valence-corrected chi connectivity index (χ1v) is 18.5. The molecule has 300 valence electrons. The number of rotatable bonds is 6. The topological polar surface area (TPSA) is 227 Å². The Morgan fingerprint density at radius 3 is 1.45 bits per heavy atom. The lowest BCUT2D eigenvalue weighted by atomic mass is 10.3. The number of nitrogens with two attached hydrogens (primary N) is 2. The van der Waals surface area contributed by atoms with E-state index in [1.807, 2.05) is 68.7 Å². The number of nitrogens with one attached hydrogen (secondary N) is 3. The van der Waals surface area contributed by atoms with E-state index in [9.17, 15) is 4.79 Å². The van der Waals surface area contributed by atoms with Gasteiger partial charge >= 0.3 is 0 Å². The van der Waals surface area contributed by atoms with Crippen molar-refractivity contribution in [3.05, 3.63) is 149 Å². The van der Waals surface area contributed by atoms with Crippen LogP contribution in [0.4, 0.5) is 22.7 Å². The highest BCUT2D eigenvalue weighted by Gasteiger charge is 2.09. The van der Waals surface area contributed by atoms with Crippen LogP contribution in [-0.2, 0) is 4.79 Å². The first-order chi connectivity index (χ1) is 27.9. The monoisotopic (exact) mass is 862 g/mol. The fraction of sp³-hybridized carbons (Fsp3) is 0.108. The van der Waals surface area contributed by atoms with Gasteiger partial charge in [0.15, 0.2) is 15.5 Å². The van der Waals surface area contributed by atoms with Gasteiger partial charge in [-0.2, -0.15) is 20.4 Å². The molecule has 0 aromatic carbocycles. The second-order valence-corrected chi connectivity index (χ2v) is 12.8. The predicted molar refractivity (Wildman–Crippen MR) is 229 cm³/mol. The number of aryl methyl sites for hydroxylation is 1. The number of anilines is 4. The summed E-state index contributed by atoms with van der Waals surface area (Å²) in [6.45, 7) is 6.26. The van der Waals surface area contributed by atoms with Crippen molar-refractivity contribution in [2.45, 2.75) is 20.8 Å². The van der Waals surface area contributed by atoms with Gasteiger partial charge < -0.3 is 22.1 Å². The first kappa shape index (κ1) is 44.2. The number of aromatic nitrogens is 12. The maximum Gasteiger partial charge on any atom is 0.221 e. The van der Waals surface area contributed by atoms with Crippen LogP contribution in [0, 0.1) is 6.92 Å². The summed E-state index contributed by atoms with van der Waals surface area (Å²) in [5.74, 6) is -0.187. The van der Waals surface area contributed by atoms with Gasteiger partial charge in [-0.1, -0.05) is 52.5 Å². The molecule has 0 atom stereocenters. The molecule has 0 aliphatic heterocycles. The van der Waals surface area contributed by atoms with Crippen LogP contribution in [0.5, 0.6) is 0 Å². The number of halogens is 4. The highest BCUT2D eigenvalue weighted by atomic mass is 35.5. The van der Waals surface area contributed by atoms with E-state index < -0.39 is 0 Å². The zero-order chi connectivity index (χ0) is 41.9. The molecule has 8 rings (SSSR count). The van der Waals surface area contributed by atoms with Crippen LogP contribution in [0.25, 0.3) is 17.1 Å². The first-order valence-electron chi connectivity index (χ1n) is 17.0. The van der Waals surface area contributed by atoms with E-state index in [1.54, 1.807) is 75.9 Å². The highest BCUT2D eigenvalue weighted by Crippen LogP contribution is 2.22. The highest BCUT2D eigenvalue weighted by molar-refractivity contribution is 6.33. The molecule has 0 fully saturated rings. The van der Waals surface area contributed by atoms with Crippen LogP contribution in [0.15, 0.2) is 123 Å². The lowest BCUT2D eigenvalue weighted by Crippen LogP contribution is -2.05. The second kappa shape index (κ2) is 22.9. The summed E-state index contributed by atoms with van der Waals surface area (Å²) in [7, 11) is 0. The summed E-state index contributed by atoms with van der Waals surface area (Å²) in [6, 6.07) is 15.1. The Morgan fingerprint density at radius 2 is 1.12 bits per heavy atom. The van der Waals surface area contributed by atoms with Gasteiger partial charge in [-0.05, 0) is 61.9 Å². The Hall–Kier alpha value is -6.53. The molecule has 8 heterocycles. The quantitative estimate of drug-likeness (QED) is 0.108. The molecule has 7 N–H and O–H groups in total. The number of nitrogen functional groups attached to an aromatic ring is 2. The Kier molecular flexibility index (Phi) is 17.4. The van der Waals surface area contributed by atoms with Crippen molar-refractivity contribution < 1.29 is 4.79 Å². The van der Waals surface area contributed by atoms with Gasteiger partial charge in [0.2, 0.25) is 5.91 Å². The van der Waals surface area contributed by atoms with Crippen molar-refractivity contribution in [1.82, 2.24) is 59.5 Å². The smallest absolute Gasteiger partial charge is 0.221 e. The molecule has 0 aliphatic rings. The number of H-pyrrole nitrogens is 1. The maximum absolute atomic E-state index is 10.9. The summed E-state index contributed by atoms with van der Waals surface area (Å²) < 4.78 is 4.85. The third kappa shape index (κ3) is 14.2. The number of hydrogen-bond acceptors (Lipinski definition) is 12. The van der Waals surface area contributed by atoms with Crippen LogP contribution in [0.2, 0.25) is 20.6 Å². The maximum atomic E-state index is 10.9. The van der Waals surface area contributed by atoms with E-state index in [4.69, 9.17) is 57.9 Å². The largest absolute Gasteiger partial charge is 0.395 e. The molecule has 0 saturated heterocycles. The summed E-state index contributed by atoms with van der Waals surface area (Å²) in [6.07, 6.45) is 20.4. The minimum absolute atomic E-state index is 0.187. The fourth-order valence-corrected chi connectivity index (χ4v) is 4.85. The van der Waals surface area contributed by atoms with Crippen molar-refractivity contribution in [2.24, 2.45) is 0 Å². The normalized spacial score (nSPS) is 9.91. The third-order valence-electron chi connectivity index (χ3n) is 6.87. The summed E-state index contributed by atoms with van der Waals surface area (Å²) in [5, 5.41) is 25.4. The molecule has 17 nitrogen and oxygen atoms in total. The van der Waals surface area contributed by atoms with E-state index in [1.165, 1.54) is 18.7 Å². The molecule has 8 aromatic heterocycles. The molecule has 0 spiro atoms. The Bertz CT molecular complexity index is 2370. The second-order valence-electron chi connectivity index (χ2n) is 11.4. The number of hydrogen-bond donors (Lipinski definition) is 5. The van der Waals surface area contributed by atoms with Crippen LogP contribution in [0.3, 0.4) is 0 Å². The molecule has 0 unspecified atom stereocenters. The zero-order valence-corrected chi connectivity index (χ0v) is 34.3. The third-order valence-corrected chi connectivity index (χ3v) is 8.03. The zero-order valence-electron chi connectivity index (χ0n) is 31.2. The van der Waals surface area contributed by atoms with Crippen molar-refractivity contribution in [1.29, 1.82) is 0 Å². The van der Waals surface area contributed by atoms with Gasteiger partial charge in [0, 0.05) is 44.5 Å². The Labute approximate surface area is 353 Å². The van der Waals surface area contributed by atoms with E-state index >= 15 is 0 Å². The lowest BCUT2D eigenvalue weighted by molar-refractivity contribution is -0.114. The number of carbonyl (C=O) groups excluding carboxylic acids is 1. The van der Waals surface area contributed by atoms with Gasteiger partial charge in [0.05, 0.1) is 83.2 Å². The lowest BCUT2D eigenvalue weighted by Gasteiger charge is -1.98. The van der Waals surface area contributed by atoms with Crippen LogP contribution in [-0.4, -0.2) is 71.9 Å². The summed E-state index contributed by atoms with van der Waals surface area (Å²) >= 11 is 22.9. The number of pyridine rings is 4. The Balaban J connectivity index is 0.000000166. The van der Waals surface area contributed by atoms with Crippen LogP contribution < -0.4 is 22.1 Å². The molecule has 0 bridgehead atoms. The minimum atomic E-state index is -0.187. The molecule has 0 saturated carbocycles. The van der Waals surface area contributed by atoms with Crippen LogP contribution in [0.1, 0.15) is 19.4 Å². The molecule has 58 heavy (non-hydrogen) atoms. The number of aromatic amines is 1. The van der Waals surface area contributed by atoms with Crippen molar-refractivity contribution in [2.75, 3.05) is 28.6 Å². The average molecular weight is 865 g/mol. The molecule has 8 aromatic rings. The van der Waals surface area contributed by atoms with E-state index in [-0.39, 0.29) is 11.1 Å². The van der Waals surface area contributed by atoms with Gasteiger partial charge in [-0.3, -0.25) is 29.8 Å². The Morgan fingerprint density at radius 1 is 0.655 bits per heavy atom. The van der Waals surface area contributed by atoms with Crippen LogP contribution >= 0.6 is 46.4 Å². The number of amides is 1. The van der Waals surface area contributed by atoms with E-state index in [0.29, 0.717) is 32.5 Å². The summed E-state index contributed by atoms with van der Waals surface area (Å²) in [5.41, 5.74) is 16.7. The minimum Gasteiger partial charge on any atom is -0.395 e. The molecular weight excluding hydrogens is 826 g/mol. The standard InChI is InChI=1S/C10H9ClN4O.C10H11ClN4.C8H7ClN4.C6H7N.C3H4ClN3/c1-7(16)13-9-6-15(14-10(9)11)8-3-2-4-12-5-8;1-2-13-9-7-15(14-10(9)11)8-4-3-5-12-6-8;9-8-7(10)5-13(12-8)6-2-1-3-11-4-6;1-6-3-2-4-7-5-6;4-3-2(5)1-6-7-3/h2-6H,1H3,(H,13,16);3-7,13H,2H2,1H3;1-5H,10H2;2-5H,1H3;1H,5H2,(H,6,7). The molecule has 0 radical (unpaired) electrons. The van der Waals surface area contributed by atoms with E-state index in [0.717, 1.165) is 29.3 Å². The molecule has 21 heteroatoms. The SMILES string of the molecule is CC(=O)Nc1cn(-c2cccnc2)nc1Cl.CCNc1cn(-c2cccnc2)nc1Cl.Cc1cccnc1.Nc1cn(-c2cccnc2)nc1Cl.Nc1cn[nH]c1Cl. The number of nitrogens with zero attached hydrogens (tertiary/aromatic N) is 11. The van der Waals surface area contributed by atoms with Gasteiger partial charge in [-0.25, -0.2) is 14.0 Å². The van der Waals surface area contributed by atoms with Crippen molar-refractivity contribution >= 4 is 75.1 Å².